The predicted molar refractivity (Wildman–Crippen MR) is 48.3 cm³/mol. The summed E-state index contributed by atoms with van der Waals surface area (Å²) < 4.78 is 17.9. The summed E-state index contributed by atoms with van der Waals surface area (Å²) in [5, 5.41) is 18.8. The fraction of sp³-hybridized carbons (Fsp3) is 0.600. The van der Waals surface area contributed by atoms with Crippen molar-refractivity contribution >= 4 is 0 Å². The summed E-state index contributed by atoms with van der Waals surface area (Å²) >= 11 is 0. The van der Waals surface area contributed by atoms with Crippen LogP contribution in [0.2, 0.25) is 0 Å². The van der Waals surface area contributed by atoms with Crippen molar-refractivity contribution in [1.82, 2.24) is 0 Å². The smallest absolute Gasteiger partial charge is 0.162 e. The van der Waals surface area contributed by atoms with Crippen LogP contribution in [-0.4, -0.2) is 29.5 Å². The zero-order chi connectivity index (χ0) is 10.3. The topological polar surface area (TPSA) is 49.7 Å². The largest absolute Gasteiger partial charge is 0.507 e. The highest BCUT2D eigenvalue weighted by Crippen LogP contribution is 2.44. The van der Waals surface area contributed by atoms with Crippen LogP contribution in [0, 0.1) is 11.8 Å². The Balaban J connectivity index is 2.08. The van der Waals surface area contributed by atoms with E-state index in [4.69, 9.17) is 4.74 Å². The van der Waals surface area contributed by atoms with Gasteiger partial charge in [0.15, 0.2) is 11.6 Å². The minimum atomic E-state index is -1.12. The second kappa shape index (κ2) is 3.37. The maximum Gasteiger partial charge on any atom is 0.162 e. The highest BCUT2D eigenvalue weighted by atomic mass is 19.1. The number of aliphatic hydroxyl groups excluding tert-OH is 2. The molecule has 0 aromatic rings. The van der Waals surface area contributed by atoms with Crippen LogP contribution in [0.5, 0.6) is 0 Å². The molecule has 14 heavy (non-hydrogen) atoms. The van der Waals surface area contributed by atoms with Gasteiger partial charge in [-0.2, -0.15) is 0 Å². The molecule has 0 bridgehead atoms. The van der Waals surface area contributed by atoms with Crippen molar-refractivity contribution < 1.29 is 19.3 Å². The molecule has 2 rings (SSSR count). The first-order valence-corrected chi connectivity index (χ1v) is 4.63. The molecule has 4 atom stereocenters. The zero-order valence-corrected chi connectivity index (χ0v) is 7.85. The molecule has 1 saturated carbocycles. The average molecular weight is 200 g/mol. The van der Waals surface area contributed by atoms with E-state index in [0.717, 1.165) is 6.42 Å². The zero-order valence-electron chi connectivity index (χ0n) is 7.85. The minimum Gasteiger partial charge on any atom is -0.507 e. The molecule has 4 unspecified atom stereocenters. The van der Waals surface area contributed by atoms with E-state index in [-0.39, 0.29) is 17.9 Å². The molecule has 0 heterocycles. The van der Waals surface area contributed by atoms with E-state index >= 15 is 0 Å². The Morgan fingerprint density at radius 1 is 1.57 bits per heavy atom. The monoisotopic (exact) mass is 200 g/mol. The van der Waals surface area contributed by atoms with E-state index in [2.05, 4.69) is 0 Å². The molecule has 0 spiro atoms. The second-order valence-corrected chi connectivity index (χ2v) is 3.79. The normalized spacial score (nSPS) is 41.6. The predicted octanol–water partition coefficient (Wildman–Crippen LogP) is 1.31. The molecule has 0 radical (unpaired) electrons. The Morgan fingerprint density at radius 2 is 2.29 bits per heavy atom. The quantitative estimate of drug-likeness (QED) is 0.706. The standard InChI is InChI=1S/C10H13FO3/c1-14-8-4-6(8)5-2-3-7(11)10(13)9(5)12/h2-3,5-6,8-9,12-13H,4H2,1H3. The molecule has 0 aromatic heterocycles. The van der Waals surface area contributed by atoms with E-state index in [1.165, 1.54) is 6.08 Å². The summed E-state index contributed by atoms with van der Waals surface area (Å²) in [6.07, 6.45) is 2.68. The average Bonchev–Trinajstić information content (AvgIpc) is 2.94. The molecule has 0 saturated heterocycles. The lowest BCUT2D eigenvalue weighted by Crippen LogP contribution is -2.27. The van der Waals surface area contributed by atoms with Crippen molar-refractivity contribution in [2.45, 2.75) is 18.6 Å². The summed E-state index contributed by atoms with van der Waals surface area (Å²) in [6, 6.07) is 0. The first kappa shape index (κ1) is 9.68. The Bertz CT molecular complexity index is 298. The molecule has 2 aliphatic carbocycles. The molecule has 1 fully saturated rings. The Morgan fingerprint density at radius 3 is 2.86 bits per heavy atom. The van der Waals surface area contributed by atoms with Crippen LogP contribution in [0.4, 0.5) is 4.39 Å². The molecule has 4 heteroatoms. The maximum atomic E-state index is 12.8. The van der Waals surface area contributed by atoms with Crippen molar-refractivity contribution in [2.24, 2.45) is 11.8 Å². The van der Waals surface area contributed by atoms with E-state index in [9.17, 15) is 14.6 Å². The third-order valence-corrected chi connectivity index (χ3v) is 2.93. The summed E-state index contributed by atoms with van der Waals surface area (Å²) in [7, 11) is 1.61. The Labute approximate surface area is 81.5 Å². The van der Waals surface area contributed by atoms with E-state index in [0.29, 0.717) is 0 Å². The molecule has 0 aromatic carbocycles. The van der Waals surface area contributed by atoms with Gasteiger partial charge in [-0.05, 0) is 18.4 Å². The molecule has 3 nitrogen and oxygen atoms in total. The van der Waals surface area contributed by atoms with Crippen LogP contribution >= 0.6 is 0 Å². The van der Waals surface area contributed by atoms with Crippen molar-refractivity contribution in [3.05, 3.63) is 23.7 Å². The van der Waals surface area contributed by atoms with Gasteiger partial charge in [0.05, 0.1) is 6.10 Å². The van der Waals surface area contributed by atoms with Gasteiger partial charge >= 0.3 is 0 Å². The highest BCUT2D eigenvalue weighted by molar-refractivity contribution is 5.27. The fourth-order valence-electron chi connectivity index (χ4n) is 1.95. The lowest BCUT2D eigenvalue weighted by atomic mass is 9.91. The number of allylic oxidation sites excluding steroid dienone is 2. The lowest BCUT2D eigenvalue weighted by molar-refractivity contribution is 0.0815. The van der Waals surface area contributed by atoms with E-state index in [1.807, 2.05) is 0 Å². The third-order valence-electron chi connectivity index (χ3n) is 2.93. The number of methoxy groups -OCH3 is 1. The minimum absolute atomic E-state index is 0.133. The van der Waals surface area contributed by atoms with Crippen LogP contribution in [0.25, 0.3) is 0 Å². The van der Waals surface area contributed by atoms with Gasteiger partial charge < -0.3 is 14.9 Å². The number of aliphatic hydroxyl groups is 2. The molecule has 2 aliphatic rings. The summed E-state index contributed by atoms with van der Waals surface area (Å²) in [6.45, 7) is 0. The summed E-state index contributed by atoms with van der Waals surface area (Å²) in [5.74, 6) is -1.33. The van der Waals surface area contributed by atoms with E-state index < -0.39 is 17.7 Å². The Hall–Kier alpha value is -0.870. The molecule has 78 valence electrons. The van der Waals surface area contributed by atoms with Gasteiger partial charge in [0, 0.05) is 13.0 Å². The SMILES string of the molecule is COC1CC1C1C=CC(F)=C(O)C1O. The van der Waals surface area contributed by atoms with Gasteiger partial charge in [-0.25, -0.2) is 4.39 Å². The Kier molecular flexibility index (Phi) is 2.33. The van der Waals surface area contributed by atoms with Crippen LogP contribution in [0.1, 0.15) is 6.42 Å². The molecule has 0 aliphatic heterocycles. The maximum absolute atomic E-state index is 12.8. The molecular formula is C10H13FO3. The third kappa shape index (κ3) is 1.44. The van der Waals surface area contributed by atoms with Crippen LogP contribution in [0.3, 0.4) is 0 Å². The lowest BCUT2D eigenvalue weighted by Gasteiger charge is -2.22. The number of rotatable bonds is 2. The summed E-state index contributed by atoms with van der Waals surface area (Å²) in [5.41, 5.74) is 0. The number of halogens is 1. The van der Waals surface area contributed by atoms with Gasteiger partial charge in [0.1, 0.15) is 6.10 Å². The van der Waals surface area contributed by atoms with Crippen molar-refractivity contribution in [3.8, 4) is 0 Å². The number of ether oxygens (including phenoxy) is 1. The first-order chi connectivity index (χ1) is 6.65. The van der Waals surface area contributed by atoms with Gasteiger partial charge in [0.2, 0.25) is 0 Å². The van der Waals surface area contributed by atoms with Crippen LogP contribution in [0.15, 0.2) is 23.7 Å². The van der Waals surface area contributed by atoms with Gasteiger partial charge in [-0.1, -0.05) is 6.08 Å². The van der Waals surface area contributed by atoms with Crippen LogP contribution in [-0.2, 0) is 4.74 Å². The van der Waals surface area contributed by atoms with Gasteiger partial charge in [-0.3, -0.25) is 0 Å². The first-order valence-electron chi connectivity index (χ1n) is 4.63. The van der Waals surface area contributed by atoms with Crippen molar-refractivity contribution in [1.29, 1.82) is 0 Å². The number of hydrogen-bond donors (Lipinski definition) is 2. The fourth-order valence-corrected chi connectivity index (χ4v) is 1.95. The summed E-state index contributed by atoms with van der Waals surface area (Å²) in [4.78, 5) is 0. The van der Waals surface area contributed by atoms with Crippen LogP contribution < -0.4 is 0 Å². The molecule has 0 amide bonds. The van der Waals surface area contributed by atoms with Gasteiger partial charge in [0.25, 0.3) is 0 Å². The molecule has 2 N–H and O–H groups in total. The van der Waals surface area contributed by atoms with Gasteiger partial charge in [-0.15, -0.1) is 0 Å². The van der Waals surface area contributed by atoms with Crippen molar-refractivity contribution in [3.63, 3.8) is 0 Å². The number of hydrogen-bond acceptors (Lipinski definition) is 3. The van der Waals surface area contributed by atoms with E-state index in [1.54, 1.807) is 13.2 Å². The van der Waals surface area contributed by atoms with Crippen molar-refractivity contribution in [2.75, 3.05) is 7.11 Å². The highest BCUT2D eigenvalue weighted by Gasteiger charge is 2.47. The molecular weight excluding hydrogens is 187 g/mol. The second-order valence-electron chi connectivity index (χ2n) is 3.79.